The van der Waals surface area contributed by atoms with Crippen LogP contribution in [0.1, 0.15) is 154 Å². The number of nitrogens with zero attached hydrogens (tertiary/aromatic N) is 1. The van der Waals surface area contributed by atoms with Crippen LogP contribution in [0.5, 0.6) is 0 Å². The van der Waals surface area contributed by atoms with E-state index in [1.165, 1.54) is 128 Å². The van der Waals surface area contributed by atoms with Crippen LogP contribution in [-0.4, -0.2) is 28.6 Å². The number of unbranched alkanes of at least 4 members (excludes halogenated alkanes) is 23. The average molecular weight is 488 g/mol. The van der Waals surface area contributed by atoms with Gasteiger partial charge in [-0.3, -0.25) is 4.57 Å². The molecule has 0 unspecified atom stereocenters. The van der Waals surface area contributed by atoms with Crippen LogP contribution in [0.3, 0.4) is 0 Å². The van der Waals surface area contributed by atoms with E-state index in [1.54, 1.807) is 6.08 Å². The van der Waals surface area contributed by atoms with E-state index in [9.17, 15) is 9.36 Å². The summed E-state index contributed by atoms with van der Waals surface area (Å²) in [4.78, 5) is 31.2. The van der Waals surface area contributed by atoms with Crippen molar-refractivity contribution in [2.75, 3.05) is 12.7 Å². The lowest BCUT2D eigenvalue weighted by molar-refractivity contribution is 0.370. The summed E-state index contributed by atoms with van der Waals surface area (Å²) in [6.45, 7) is 0.653. The Morgan fingerprint density at radius 3 is 0.939 bits per heavy atom. The maximum absolute atomic E-state index is 10.8. The fourth-order valence-corrected chi connectivity index (χ4v) is 5.08. The van der Waals surface area contributed by atoms with Crippen molar-refractivity contribution in [1.82, 2.24) is 0 Å². The van der Waals surface area contributed by atoms with E-state index in [0.29, 0.717) is 13.0 Å². The van der Waals surface area contributed by atoms with Gasteiger partial charge >= 0.3 is 7.60 Å². The van der Waals surface area contributed by atoms with Gasteiger partial charge in [0.1, 0.15) is 0 Å². The minimum Gasteiger partial charge on any atom is -0.324 e. The standard InChI is InChI=1S/C27H54NO4P/c29-27-28-25-23-21-19-17-15-13-11-9-7-5-3-1-2-4-6-8-10-12-14-16-18-20-22-24-26-33(30,31)32/h1-26H2,(H2,30,31,32). The van der Waals surface area contributed by atoms with Gasteiger partial charge in [0.2, 0.25) is 6.08 Å². The van der Waals surface area contributed by atoms with Crippen molar-refractivity contribution in [2.24, 2.45) is 4.99 Å². The predicted octanol–water partition coefficient (Wildman–Crippen LogP) is 8.86. The van der Waals surface area contributed by atoms with Crippen molar-refractivity contribution in [3.63, 3.8) is 0 Å². The number of hydrogen-bond donors (Lipinski definition) is 2. The molecule has 0 aromatic heterocycles. The summed E-state index contributed by atoms with van der Waals surface area (Å²) >= 11 is 0. The summed E-state index contributed by atoms with van der Waals surface area (Å²) in [6.07, 6.45) is 32.5. The SMILES string of the molecule is O=C=NCCCCCCCCCCCCCCCCCCCCCCCCCCP(=O)(O)O. The van der Waals surface area contributed by atoms with E-state index in [0.717, 1.165) is 19.3 Å². The molecule has 33 heavy (non-hydrogen) atoms. The second kappa shape index (κ2) is 26.1. The van der Waals surface area contributed by atoms with Gasteiger partial charge in [-0.2, -0.15) is 0 Å². The third-order valence-electron chi connectivity index (χ3n) is 6.53. The van der Waals surface area contributed by atoms with Gasteiger partial charge in [0.25, 0.3) is 0 Å². The zero-order chi connectivity index (χ0) is 24.3. The maximum Gasteiger partial charge on any atom is 0.325 e. The molecule has 0 heterocycles. The Balaban J connectivity index is 3.05. The first-order valence-corrected chi connectivity index (χ1v) is 15.9. The second-order valence-corrected chi connectivity index (χ2v) is 11.6. The summed E-state index contributed by atoms with van der Waals surface area (Å²) < 4.78 is 10.8. The van der Waals surface area contributed by atoms with Crippen molar-refractivity contribution < 1.29 is 19.1 Å². The lowest BCUT2D eigenvalue weighted by atomic mass is 10.0. The molecule has 5 nitrogen and oxygen atoms in total. The van der Waals surface area contributed by atoms with E-state index in [-0.39, 0.29) is 6.16 Å². The normalized spacial score (nSPS) is 11.6. The minimum atomic E-state index is -3.77. The summed E-state index contributed by atoms with van der Waals surface area (Å²) in [6, 6.07) is 0. The van der Waals surface area contributed by atoms with Crippen LogP contribution >= 0.6 is 7.60 Å². The summed E-state index contributed by atoms with van der Waals surface area (Å²) in [5.41, 5.74) is 0. The van der Waals surface area contributed by atoms with Crippen LogP contribution in [0.15, 0.2) is 4.99 Å². The third kappa shape index (κ3) is 31.5. The Labute approximate surface area is 204 Å². The molecule has 0 saturated carbocycles. The highest BCUT2D eigenvalue weighted by molar-refractivity contribution is 7.51. The molecule has 0 fully saturated rings. The van der Waals surface area contributed by atoms with E-state index >= 15 is 0 Å². The number of rotatable bonds is 27. The smallest absolute Gasteiger partial charge is 0.324 e. The van der Waals surface area contributed by atoms with Crippen LogP contribution in [0.4, 0.5) is 0 Å². The predicted molar refractivity (Wildman–Crippen MR) is 141 cm³/mol. The van der Waals surface area contributed by atoms with Gasteiger partial charge in [-0.15, -0.1) is 0 Å². The van der Waals surface area contributed by atoms with E-state index in [1.807, 2.05) is 0 Å². The van der Waals surface area contributed by atoms with Crippen molar-refractivity contribution in [3.8, 4) is 0 Å². The first-order valence-electron chi connectivity index (χ1n) is 14.1. The highest BCUT2D eigenvalue weighted by Gasteiger charge is 2.10. The maximum atomic E-state index is 10.8. The van der Waals surface area contributed by atoms with Gasteiger partial charge < -0.3 is 9.79 Å². The first-order chi connectivity index (χ1) is 16.1. The third-order valence-corrected chi connectivity index (χ3v) is 7.43. The summed E-state index contributed by atoms with van der Waals surface area (Å²) in [5, 5.41) is 0. The van der Waals surface area contributed by atoms with Gasteiger partial charge in [0.05, 0.1) is 6.54 Å². The Morgan fingerprint density at radius 2 is 0.697 bits per heavy atom. The number of aliphatic imine (C=N–C) groups is 1. The molecular formula is C27H54NO4P. The molecule has 0 saturated heterocycles. The highest BCUT2D eigenvalue weighted by atomic mass is 31.2. The van der Waals surface area contributed by atoms with Gasteiger partial charge in [0, 0.05) is 6.16 Å². The largest absolute Gasteiger partial charge is 0.325 e. The molecule has 0 aliphatic rings. The minimum absolute atomic E-state index is 0.0526. The van der Waals surface area contributed by atoms with Crippen molar-refractivity contribution in [1.29, 1.82) is 0 Å². The molecule has 0 amide bonds. The lowest BCUT2D eigenvalue weighted by Gasteiger charge is -2.05. The zero-order valence-corrected chi connectivity index (χ0v) is 22.4. The summed E-state index contributed by atoms with van der Waals surface area (Å²) in [7, 11) is -3.77. The fourth-order valence-electron chi connectivity index (χ4n) is 4.44. The highest BCUT2D eigenvalue weighted by Crippen LogP contribution is 2.35. The Morgan fingerprint density at radius 1 is 0.455 bits per heavy atom. The topological polar surface area (TPSA) is 87.0 Å². The molecule has 6 heteroatoms. The van der Waals surface area contributed by atoms with Gasteiger partial charge in [0.15, 0.2) is 0 Å². The molecule has 0 rings (SSSR count). The Kier molecular flexibility index (Phi) is 25.8. The van der Waals surface area contributed by atoms with Crippen molar-refractivity contribution in [3.05, 3.63) is 0 Å². The quantitative estimate of drug-likeness (QED) is 0.0524. The molecule has 0 atom stereocenters. The van der Waals surface area contributed by atoms with Crippen LogP contribution in [0.2, 0.25) is 0 Å². The van der Waals surface area contributed by atoms with Crippen LogP contribution in [0, 0.1) is 0 Å². The van der Waals surface area contributed by atoms with E-state index in [4.69, 9.17) is 9.79 Å². The van der Waals surface area contributed by atoms with E-state index < -0.39 is 7.60 Å². The van der Waals surface area contributed by atoms with E-state index in [2.05, 4.69) is 4.99 Å². The second-order valence-electron chi connectivity index (χ2n) is 9.85. The first kappa shape index (κ1) is 32.5. The Bertz CT molecular complexity index is 489. The fraction of sp³-hybridized carbons (Fsp3) is 0.963. The molecule has 0 aromatic rings. The van der Waals surface area contributed by atoms with Crippen LogP contribution < -0.4 is 0 Å². The van der Waals surface area contributed by atoms with Crippen LogP contribution in [-0.2, 0) is 9.36 Å². The molecule has 0 radical (unpaired) electrons. The number of hydrogen-bond acceptors (Lipinski definition) is 3. The van der Waals surface area contributed by atoms with Crippen molar-refractivity contribution in [2.45, 2.75) is 154 Å². The zero-order valence-electron chi connectivity index (χ0n) is 21.5. The van der Waals surface area contributed by atoms with Crippen molar-refractivity contribution >= 4 is 13.7 Å². The number of isocyanates is 1. The molecular weight excluding hydrogens is 433 g/mol. The monoisotopic (exact) mass is 487 g/mol. The average Bonchev–Trinajstić information content (AvgIpc) is 2.78. The molecule has 0 spiro atoms. The Hall–Kier alpha value is -0.470. The molecule has 0 aromatic carbocycles. The summed E-state index contributed by atoms with van der Waals surface area (Å²) in [5.74, 6) is 0. The van der Waals surface area contributed by atoms with Crippen LogP contribution in [0.25, 0.3) is 0 Å². The lowest BCUT2D eigenvalue weighted by Crippen LogP contribution is -1.88. The molecule has 196 valence electrons. The van der Waals surface area contributed by atoms with Gasteiger partial charge in [-0.1, -0.05) is 141 Å². The van der Waals surface area contributed by atoms with Gasteiger partial charge in [-0.05, 0) is 12.8 Å². The molecule has 0 bridgehead atoms. The van der Waals surface area contributed by atoms with Gasteiger partial charge in [-0.25, -0.2) is 9.79 Å². The molecule has 2 N–H and O–H groups in total. The number of carbonyl (C=O) groups excluding carboxylic acids is 1. The molecule has 0 aliphatic heterocycles. The molecule has 0 aliphatic carbocycles.